The van der Waals surface area contributed by atoms with E-state index in [0.717, 1.165) is 0 Å². The fourth-order valence-corrected chi connectivity index (χ4v) is 5.27. The molecule has 5 rings (SSSR count). The lowest BCUT2D eigenvalue weighted by molar-refractivity contribution is -0.135. The first-order valence-corrected chi connectivity index (χ1v) is 12.8. The fraction of sp³-hybridized carbons (Fsp3) is 0.393. The highest BCUT2D eigenvalue weighted by Crippen LogP contribution is 2.50. The van der Waals surface area contributed by atoms with Gasteiger partial charge in [0.1, 0.15) is 22.8 Å². The second-order valence-electron chi connectivity index (χ2n) is 9.51. The quantitative estimate of drug-likeness (QED) is 0.372. The Labute approximate surface area is 219 Å². The topological polar surface area (TPSA) is 108 Å². The summed E-state index contributed by atoms with van der Waals surface area (Å²) in [5, 5.41) is 11.8. The molecule has 0 saturated carbocycles. The van der Waals surface area contributed by atoms with Crippen molar-refractivity contribution < 1.29 is 38.4 Å². The van der Waals surface area contributed by atoms with Crippen molar-refractivity contribution in [3.8, 4) is 23.0 Å². The van der Waals surface area contributed by atoms with Gasteiger partial charge in [0.05, 0.1) is 17.5 Å². The number of allylic oxidation sites excluding steroid dienone is 1. The maximum Gasteiger partial charge on any atom is 0.342 e. The first-order chi connectivity index (χ1) is 17.8. The van der Waals surface area contributed by atoms with E-state index in [1.54, 1.807) is 31.2 Å². The van der Waals surface area contributed by atoms with E-state index in [2.05, 4.69) is 0 Å². The summed E-state index contributed by atoms with van der Waals surface area (Å²) in [6.07, 6.45) is 6.40. The van der Waals surface area contributed by atoms with Crippen LogP contribution in [0.3, 0.4) is 0 Å². The smallest absolute Gasteiger partial charge is 0.342 e. The highest BCUT2D eigenvalue weighted by Gasteiger charge is 2.36. The van der Waals surface area contributed by atoms with Gasteiger partial charge in [-0.2, -0.15) is 0 Å². The largest absolute Gasteiger partial charge is 0.507 e. The monoisotopic (exact) mass is 526 g/mol. The number of fused-ring (bicyclic) bond motifs is 3. The number of ketones is 1. The summed E-state index contributed by atoms with van der Waals surface area (Å²) in [6.45, 7) is 1.80. The van der Waals surface area contributed by atoms with Gasteiger partial charge in [-0.3, -0.25) is 9.59 Å². The van der Waals surface area contributed by atoms with E-state index in [4.69, 9.17) is 30.5 Å². The number of phenols is 1. The van der Waals surface area contributed by atoms with Crippen LogP contribution in [0.5, 0.6) is 23.0 Å². The first-order valence-electron chi connectivity index (χ1n) is 12.4. The van der Waals surface area contributed by atoms with E-state index in [0.29, 0.717) is 71.7 Å². The van der Waals surface area contributed by atoms with Crippen molar-refractivity contribution in [2.24, 2.45) is 0 Å². The summed E-state index contributed by atoms with van der Waals surface area (Å²) < 4.78 is 22.1. The second-order valence-corrected chi connectivity index (χ2v) is 9.92. The van der Waals surface area contributed by atoms with Gasteiger partial charge in [0.2, 0.25) is 6.79 Å². The predicted molar refractivity (Wildman–Crippen MR) is 134 cm³/mol. The summed E-state index contributed by atoms with van der Waals surface area (Å²) in [5.74, 6) is -0.895. The molecular formula is C28H27ClO8. The third kappa shape index (κ3) is 5.16. The molecule has 0 aromatic heterocycles. The molecule has 8 nitrogen and oxygen atoms in total. The minimum absolute atomic E-state index is 0.00442. The summed E-state index contributed by atoms with van der Waals surface area (Å²) >= 11 is 6.40. The highest BCUT2D eigenvalue weighted by molar-refractivity contribution is 6.32. The van der Waals surface area contributed by atoms with Gasteiger partial charge in [-0.1, -0.05) is 23.8 Å². The number of esters is 2. The van der Waals surface area contributed by atoms with E-state index in [1.165, 1.54) is 0 Å². The van der Waals surface area contributed by atoms with E-state index in [1.807, 2.05) is 6.08 Å². The molecule has 2 atom stereocenters. The van der Waals surface area contributed by atoms with Crippen molar-refractivity contribution >= 4 is 35.4 Å². The standard InChI is InChI=1S/C28H27ClO8/c1-15-6-5-9-18(30)8-4-2-3-7-16-11-21-25(26(32)24(16)28(33)36-15)19(13-23(31)37-21)17-10-20(29)27-22(12-17)34-14-35-27/h3,7,10-12,15,19,32H,2,4-6,8-9,13-14H2,1H3/b7-3+. The molecular weight excluding hydrogens is 500 g/mol. The van der Waals surface area contributed by atoms with Crippen LogP contribution < -0.4 is 14.2 Å². The van der Waals surface area contributed by atoms with Gasteiger partial charge in [-0.15, -0.1) is 0 Å². The molecule has 0 bridgehead atoms. The van der Waals surface area contributed by atoms with Gasteiger partial charge in [0.25, 0.3) is 0 Å². The molecule has 1 N–H and O–H groups in total. The van der Waals surface area contributed by atoms with Crippen LogP contribution in [0.2, 0.25) is 5.02 Å². The molecule has 3 aliphatic rings. The Morgan fingerprint density at radius 3 is 2.68 bits per heavy atom. The number of carbonyl (C=O) groups is 3. The lowest BCUT2D eigenvalue weighted by Crippen LogP contribution is -2.23. The second kappa shape index (κ2) is 10.5. The van der Waals surface area contributed by atoms with Crippen molar-refractivity contribution in [2.45, 2.75) is 63.9 Å². The third-order valence-corrected chi connectivity index (χ3v) is 7.11. The minimum Gasteiger partial charge on any atom is -0.507 e. The van der Waals surface area contributed by atoms with Crippen molar-refractivity contribution in [1.29, 1.82) is 0 Å². The molecule has 0 spiro atoms. The Kier molecular flexibility index (Phi) is 7.11. The van der Waals surface area contributed by atoms with Gasteiger partial charge < -0.3 is 24.1 Å². The van der Waals surface area contributed by atoms with Crippen molar-refractivity contribution in [3.63, 3.8) is 0 Å². The molecule has 0 radical (unpaired) electrons. The molecule has 0 amide bonds. The van der Waals surface area contributed by atoms with Gasteiger partial charge in [-0.25, -0.2) is 4.79 Å². The van der Waals surface area contributed by atoms with Crippen molar-refractivity contribution in [3.05, 3.63) is 51.6 Å². The number of aromatic hydroxyl groups is 1. The van der Waals surface area contributed by atoms with Crippen molar-refractivity contribution in [2.75, 3.05) is 6.79 Å². The molecule has 0 aliphatic carbocycles. The molecule has 0 saturated heterocycles. The lowest BCUT2D eigenvalue weighted by Gasteiger charge is -2.28. The predicted octanol–water partition coefficient (Wildman–Crippen LogP) is 5.70. The summed E-state index contributed by atoms with van der Waals surface area (Å²) in [5.41, 5.74) is 1.29. The van der Waals surface area contributed by atoms with Crippen LogP contribution in [-0.4, -0.2) is 35.7 Å². The number of rotatable bonds is 1. The van der Waals surface area contributed by atoms with E-state index in [9.17, 15) is 19.5 Å². The average molecular weight is 527 g/mol. The molecule has 2 unspecified atom stereocenters. The Morgan fingerprint density at radius 2 is 1.84 bits per heavy atom. The zero-order valence-corrected chi connectivity index (χ0v) is 21.1. The number of Topliss-reactive ketones (excluding diaryl/α,β-unsaturated/α-hetero) is 1. The lowest BCUT2D eigenvalue weighted by atomic mass is 9.83. The molecule has 2 aromatic rings. The molecule has 37 heavy (non-hydrogen) atoms. The van der Waals surface area contributed by atoms with Gasteiger partial charge in [0, 0.05) is 24.3 Å². The molecule has 9 heteroatoms. The fourth-order valence-electron chi connectivity index (χ4n) is 4.99. The zero-order valence-electron chi connectivity index (χ0n) is 20.4. The van der Waals surface area contributed by atoms with Crippen LogP contribution >= 0.6 is 11.6 Å². The average Bonchev–Trinajstić information content (AvgIpc) is 3.32. The number of ether oxygens (including phenoxy) is 4. The Hall–Kier alpha value is -3.52. The number of carbonyl (C=O) groups excluding carboxylic acids is 3. The SMILES string of the molecule is CC1CCCC(=O)CCC/C=C/c2cc3c(c(O)c2C(=O)O1)C(c1cc(Cl)c2c(c1)OCO2)CC(=O)O3. The zero-order chi connectivity index (χ0) is 26.1. The van der Waals surface area contributed by atoms with Crippen LogP contribution in [0.15, 0.2) is 24.3 Å². The number of halogens is 1. The van der Waals surface area contributed by atoms with Crippen LogP contribution in [0, 0.1) is 0 Å². The summed E-state index contributed by atoms with van der Waals surface area (Å²) in [4.78, 5) is 38.0. The summed E-state index contributed by atoms with van der Waals surface area (Å²) in [7, 11) is 0. The Bertz CT molecular complexity index is 1300. The molecule has 2 aromatic carbocycles. The number of benzene rings is 2. The van der Waals surface area contributed by atoms with Crippen LogP contribution in [-0.2, 0) is 14.3 Å². The maximum absolute atomic E-state index is 13.3. The Balaban J connectivity index is 1.60. The van der Waals surface area contributed by atoms with Crippen LogP contribution in [0.1, 0.15) is 84.8 Å². The molecule has 3 heterocycles. The van der Waals surface area contributed by atoms with Gasteiger partial charge >= 0.3 is 11.9 Å². The van der Waals surface area contributed by atoms with Crippen LogP contribution in [0.25, 0.3) is 6.08 Å². The molecule has 0 fully saturated rings. The third-order valence-electron chi connectivity index (χ3n) is 6.83. The Morgan fingerprint density at radius 1 is 1.03 bits per heavy atom. The summed E-state index contributed by atoms with van der Waals surface area (Å²) in [6, 6.07) is 4.95. The van der Waals surface area contributed by atoms with E-state index < -0.39 is 24.0 Å². The van der Waals surface area contributed by atoms with E-state index in [-0.39, 0.29) is 36.1 Å². The maximum atomic E-state index is 13.3. The number of hydrogen-bond donors (Lipinski definition) is 1. The van der Waals surface area contributed by atoms with Gasteiger partial charge in [0.15, 0.2) is 11.5 Å². The highest BCUT2D eigenvalue weighted by atomic mass is 35.5. The molecule has 3 aliphatic heterocycles. The van der Waals surface area contributed by atoms with E-state index >= 15 is 0 Å². The number of cyclic esters (lactones) is 1. The van der Waals surface area contributed by atoms with Crippen LogP contribution in [0.4, 0.5) is 0 Å². The number of phenolic OH excluding ortho intramolecular Hbond substituents is 1. The van der Waals surface area contributed by atoms with Crippen molar-refractivity contribution in [1.82, 2.24) is 0 Å². The normalized spacial score (nSPS) is 22.8. The first kappa shape index (κ1) is 25.1. The molecule has 194 valence electrons. The minimum atomic E-state index is -0.685. The van der Waals surface area contributed by atoms with Gasteiger partial charge in [-0.05, 0) is 61.9 Å². The number of hydrogen-bond acceptors (Lipinski definition) is 8.